The molecule has 0 radical (unpaired) electrons. The fourth-order valence-electron chi connectivity index (χ4n) is 0.910. The lowest BCUT2D eigenvalue weighted by atomic mass is 10.2. The smallest absolute Gasteiger partial charge is 0.0201 e. The second-order valence-corrected chi connectivity index (χ2v) is 3.98. The summed E-state index contributed by atoms with van der Waals surface area (Å²) in [4.78, 5) is 0. The first-order valence-electron chi connectivity index (χ1n) is 4.10. The summed E-state index contributed by atoms with van der Waals surface area (Å²) >= 11 is 1.89. The molecule has 0 heterocycles. The van der Waals surface area contributed by atoms with E-state index in [1.54, 1.807) is 0 Å². The van der Waals surface area contributed by atoms with Crippen LogP contribution in [0.15, 0.2) is 12.3 Å². The summed E-state index contributed by atoms with van der Waals surface area (Å²) in [6.07, 6.45) is 4.48. The Balaban J connectivity index is 3.23. The molecule has 0 aromatic carbocycles. The molecule has 0 aliphatic rings. The quantitative estimate of drug-likeness (QED) is 0.620. The zero-order chi connectivity index (χ0) is 8.69. The maximum atomic E-state index is 3.95. The molecule has 0 spiro atoms. The van der Waals surface area contributed by atoms with E-state index in [0.29, 0.717) is 6.04 Å². The number of hydrogen-bond acceptors (Lipinski definition) is 2. The minimum absolute atomic E-state index is 0.525. The molecule has 0 amide bonds. The van der Waals surface area contributed by atoms with Crippen LogP contribution in [0.1, 0.15) is 26.7 Å². The van der Waals surface area contributed by atoms with Crippen LogP contribution in [-0.2, 0) is 0 Å². The Bertz CT molecular complexity index is 110. The SMILES string of the molecule is C=C(CCCSC)NC(C)C. The fourth-order valence-corrected chi connectivity index (χ4v) is 1.34. The van der Waals surface area contributed by atoms with Crippen molar-refractivity contribution in [2.45, 2.75) is 32.7 Å². The van der Waals surface area contributed by atoms with E-state index in [4.69, 9.17) is 0 Å². The van der Waals surface area contributed by atoms with Gasteiger partial charge in [0.15, 0.2) is 0 Å². The second-order valence-electron chi connectivity index (χ2n) is 3.00. The average Bonchev–Trinajstić information content (AvgIpc) is 1.86. The van der Waals surface area contributed by atoms with Crippen molar-refractivity contribution in [2.75, 3.05) is 12.0 Å². The van der Waals surface area contributed by atoms with Crippen molar-refractivity contribution in [3.63, 3.8) is 0 Å². The number of nitrogens with one attached hydrogen (secondary N) is 1. The summed E-state index contributed by atoms with van der Waals surface area (Å²) < 4.78 is 0. The molecule has 0 unspecified atom stereocenters. The van der Waals surface area contributed by atoms with Crippen LogP contribution in [0.2, 0.25) is 0 Å². The van der Waals surface area contributed by atoms with Gasteiger partial charge in [-0.1, -0.05) is 6.58 Å². The predicted octanol–water partition coefficient (Wildman–Crippen LogP) is 2.64. The summed E-state index contributed by atoms with van der Waals surface area (Å²) in [5, 5.41) is 3.30. The van der Waals surface area contributed by atoms with Gasteiger partial charge < -0.3 is 5.32 Å². The normalized spacial score (nSPS) is 10.2. The van der Waals surface area contributed by atoms with Crippen molar-refractivity contribution >= 4 is 11.8 Å². The van der Waals surface area contributed by atoms with Crippen molar-refractivity contribution in [3.8, 4) is 0 Å². The molecule has 0 saturated heterocycles. The van der Waals surface area contributed by atoms with Gasteiger partial charge in [0.2, 0.25) is 0 Å². The summed E-state index contributed by atoms with van der Waals surface area (Å²) in [6, 6.07) is 0.525. The fraction of sp³-hybridized carbons (Fsp3) is 0.778. The standard InChI is InChI=1S/C9H19NS/c1-8(2)10-9(3)6-5-7-11-4/h8,10H,3,5-7H2,1-2,4H3. The lowest BCUT2D eigenvalue weighted by molar-refractivity contribution is 0.640. The van der Waals surface area contributed by atoms with E-state index in [-0.39, 0.29) is 0 Å². The Morgan fingerprint density at radius 3 is 2.64 bits per heavy atom. The predicted molar refractivity (Wildman–Crippen MR) is 55.0 cm³/mol. The van der Waals surface area contributed by atoms with Gasteiger partial charge in [0, 0.05) is 11.7 Å². The van der Waals surface area contributed by atoms with E-state index in [1.807, 2.05) is 11.8 Å². The van der Waals surface area contributed by atoms with E-state index in [2.05, 4.69) is 32.0 Å². The average molecular weight is 173 g/mol. The number of rotatable bonds is 6. The number of hydrogen-bond donors (Lipinski definition) is 1. The highest BCUT2D eigenvalue weighted by atomic mass is 32.2. The molecular formula is C9H19NS. The van der Waals surface area contributed by atoms with Gasteiger partial charge >= 0.3 is 0 Å². The third-order valence-electron chi connectivity index (χ3n) is 1.32. The van der Waals surface area contributed by atoms with Crippen LogP contribution in [0.4, 0.5) is 0 Å². The highest BCUT2D eigenvalue weighted by Gasteiger charge is 1.95. The van der Waals surface area contributed by atoms with Gasteiger partial charge in [-0.2, -0.15) is 11.8 Å². The van der Waals surface area contributed by atoms with E-state index < -0.39 is 0 Å². The molecule has 0 saturated carbocycles. The Morgan fingerprint density at radius 2 is 2.18 bits per heavy atom. The van der Waals surface area contributed by atoms with Gasteiger partial charge in [-0.15, -0.1) is 0 Å². The van der Waals surface area contributed by atoms with Gasteiger partial charge in [-0.05, 0) is 38.7 Å². The summed E-state index contributed by atoms with van der Waals surface area (Å²) in [7, 11) is 0. The Labute approximate surface area is 74.6 Å². The minimum Gasteiger partial charge on any atom is -0.387 e. The molecule has 0 bridgehead atoms. The van der Waals surface area contributed by atoms with Crippen LogP contribution >= 0.6 is 11.8 Å². The van der Waals surface area contributed by atoms with Crippen molar-refractivity contribution in [1.82, 2.24) is 5.32 Å². The first-order chi connectivity index (χ1) is 5.16. The maximum absolute atomic E-state index is 3.95. The summed E-state index contributed by atoms with van der Waals surface area (Å²) in [5.74, 6) is 1.23. The molecule has 11 heavy (non-hydrogen) atoms. The lowest BCUT2D eigenvalue weighted by Gasteiger charge is -2.11. The van der Waals surface area contributed by atoms with Crippen LogP contribution in [0, 0.1) is 0 Å². The molecule has 1 nitrogen and oxygen atoms in total. The first-order valence-corrected chi connectivity index (χ1v) is 5.49. The zero-order valence-corrected chi connectivity index (χ0v) is 8.63. The van der Waals surface area contributed by atoms with Gasteiger partial charge in [0.1, 0.15) is 0 Å². The Kier molecular flexibility index (Phi) is 6.52. The van der Waals surface area contributed by atoms with Crippen molar-refractivity contribution < 1.29 is 0 Å². The zero-order valence-electron chi connectivity index (χ0n) is 7.81. The van der Waals surface area contributed by atoms with E-state index in [9.17, 15) is 0 Å². The third kappa shape index (κ3) is 7.79. The number of allylic oxidation sites excluding steroid dienone is 1. The van der Waals surface area contributed by atoms with E-state index >= 15 is 0 Å². The molecule has 0 aromatic heterocycles. The molecule has 0 aliphatic heterocycles. The molecule has 1 N–H and O–H groups in total. The van der Waals surface area contributed by atoms with Gasteiger partial charge in [-0.25, -0.2) is 0 Å². The van der Waals surface area contributed by atoms with Crippen molar-refractivity contribution in [2.24, 2.45) is 0 Å². The molecule has 0 aliphatic carbocycles. The topological polar surface area (TPSA) is 12.0 Å². The Hall–Kier alpha value is -0.110. The number of thioether (sulfide) groups is 1. The van der Waals surface area contributed by atoms with Gasteiger partial charge in [0.05, 0.1) is 0 Å². The molecule has 66 valence electrons. The van der Waals surface area contributed by atoms with Gasteiger partial charge in [-0.3, -0.25) is 0 Å². The molecule has 0 aromatic rings. The van der Waals surface area contributed by atoms with Crippen LogP contribution in [-0.4, -0.2) is 18.1 Å². The molecule has 0 rings (SSSR count). The Morgan fingerprint density at radius 1 is 1.55 bits per heavy atom. The highest BCUT2D eigenvalue weighted by molar-refractivity contribution is 7.98. The van der Waals surface area contributed by atoms with Crippen LogP contribution in [0.25, 0.3) is 0 Å². The van der Waals surface area contributed by atoms with Crippen LogP contribution < -0.4 is 5.32 Å². The van der Waals surface area contributed by atoms with Gasteiger partial charge in [0.25, 0.3) is 0 Å². The maximum Gasteiger partial charge on any atom is 0.0201 e. The minimum atomic E-state index is 0.525. The highest BCUT2D eigenvalue weighted by Crippen LogP contribution is 2.04. The first kappa shape index (κ1) is 10.9. The second kappa shape index (κ2) is 6.59. The monoisotopic (exact) mass is 173 g/mol. The van der Waals surface area contributed by atoms with Crippen LogP contribution in [0.3, 0.4) is 0 Å². The third-order valence-corrected chi connectivity index (χ3v) is 2.02. The summed E-state index contributed by atoms with van der Waals surface area (Å²) in [6.45, 7) is 8.22. The largest absolute Gasteiger partial charge is 0.387 e. The summed E-state index contributed by atoms with van der Waals surface area (Å²) in [5.41, 5.74) is 1.18. The van der Waals surface area contributed by atoms with Crippen LogP contribution in [0.5, 0.6) is 0 Å². The van der Waals surface area contributed by atoms with Crippen molar-refractivity contribution in [3.05, 3.63) is 12.3 Å². The van der Waals surface area contributed by atoms with E-state index in [0.717, 1.165) is 6.42 Å². The molecule has 2 heteroatoms. The molecule has 0 atom stereocenters. The lowest BCUT2D eigenvalue weighted by Crippen LogP contribution is -2.21. The van der Waals surface area contributed by atoms with Crippen molar-refractivity contribution in [1.29, 1.82) is 0 Å². The molecular weight excluding hydrogens is 154 g/mol. The molecule has 0 fully saturated rings. The van der Waals surface area contributed by atoms with E-state index in [1.165, 1.54) is 17.9 Å².